The summed E-state index contributed by atoms with van der Waals surface area (Å²) in [5, 5.41) is 0. The van der Waals surface area contributed by atoms with Gasteiger partial charge in [-0.1, -0.05) is 30.3 Å². The van der Waals surface area contributed by atoms with Gasteiger partial charge in [-0.15, -0.1) is 11.8 Å². The number of hydrogen-bond donors (Lipinski definition) is 0. The minimum absolute atomic E-state index is 0.118. The molecule has 1 saturated heterocycles. The standard InChI is InChI=1S/C16H18N2O5S2/c1-24-14-13-12(18(15(14)19)25(2,21)22)8-9-17(13)16(20)23-10-11-6-4-3-5-7-11/h3-7,12H,8-10H2,1-2H3/t12-/m0/s1. The highest BCUT2D eigenvalue weighted by Crippen LogP contribution is 2.41. The van der Waals surface area contributed by atoms with Crippen LogP contribution < -0.4 is 0 Å². The van der Waals surface area contributed by atoms with Crippen molar-refractivity contribution in [3.63, 3.8) is 0 Å². The van der Waals surface area contributed by atoms with E-state index < -0.39 is 28.1 Å². The molecule has 9 heteroatoms. The molecule has 1 atom stereocenters. The summed E-state index contributed by atoms with van der Waals surface area (Å²) in [6.07, 6.45) is 2.49. The van der Waals surface area contributed by atoms with E-state index in [4.69, 9.17) is 4.74 Å². The van der Waals surface area contributed by atoms with E-state index >= 15 is 0 Å². The van der Waals surface area contributed by atoms with Crippen molar-refractivity contribution in [2.24, 2.45) is 0 Å². The number of carbonyl (C=O) groups excluding carboxylic acids is 2. The first-order valence-electron chi connectivity index (χ1n) is 7.64. The topological polar surface area (TPSA) is 84.0 Å². The van der Waals surface area contributed by atoms with Crippen molar-refractivity contribution in [1.29, 1.82) is 0 Å². The van der Waals surface area contributed by atoms with Crippen LogP contribution in [0.15, 0.2) is 40.9 Å². The molecule has 0 radical (unpaired) electrons. The van der Waals surface area contributed by atoms with Crippen LogP contribution >= 0.6 is 11.8 Å². The average molecular weight is 382 g/mol. The zero-order chi connectivity index (χ0) is 18.2. The van der Waals surface area contributed by atoms with Crippen LogP contribution in [0.3, 0.4) is 0 Å². The fourth-order valence-electron chi connectivity index (χ4n) is 3.10. The van der Waals surface area contributed by atoms with Gasteiger partial charge in [0.25, 0.3) is 5.91 Å². The highest BCUT2D eigenvalue weighted by molar-refractivity contribution is 8.03. The number of carbonyl (C=O) groups is 2. The van der Waals surface area contributed by atoms with Crippen molar-refractivity contribution < 1.29 is 22.7 Å². The van der Waals surface area contributed by atoms with Crippen molar-refractivity contribution in [3.05, 3.63) is 46.5 Å². The highest BCUT2D eigenvalue weighted by Gasteiger charge is 2.50. The van der Waals surface area contributed by atoms with E-state index in [9.17, 15) is 18.0 Å². The van der Waals surface area contributed by atoms with Gasteiger partial charge in [0.2, 0.25) is 10.0 Å². The van der Waals surface area contributed by atoms with Crippen LogP contribution in [0.2, 0.25) is 0 Å². The lowest BCUT2D eigenvalue weighted by Gasteiger charge is -2.21. The Morgan fingerprint density at radius 1 is 1.32 bits per heavy atom. The zero-order valence-corrected chi connectivity index (χ0v) is 15.5. The van der Waals surface area contributed by atoms with Crippen LogP contribution in [-0.4, -0.2) is 54.7 Å². The Hall–Kier alpha value is -2.00. The smallest absolute Gasteiger partial charge is 0.414 e. The number of fused-ring (bicyclic) bond motifs is 1. The molecule has 0 spiro atoms. The summed E-state index contributed by atoms with van der Waals surface area (Å²) in [5.41, 5.74) is 1.28. The van der Waals surface area contributed by atoms with Crippen molar-refractivity contribution in [2.45, 2.75) is 19.1 Å². The SMILES string of the molecule is CSC1=C2[C@H](CCN2C(=O)OCc2ccccc2)N(S(C)(=O)=O)C1=O. The summed E-state index contributed by atoms with van der Waals surface area (Å²) < 4.78 is 30.1. The lowest BCUT2D eigenvalue weighted by molar-refractivity contribution is -0.121. The summed E-state index contributed by atoms with van der Waals surface area (Å²) in [6, 6.07) is 8.63. The number of sulfonamides is 1. The highest BCUT2D eigenvalue weighted by atomic mass is 32.2. The van der Waals surface area contributed by atoms with Crippen molar-refractivity contribution in [1.82, 2.24) is 9.21 Å². The molecule has 2 heterocycles. The van der Waals surface area contributed by atoms with E-state index in [-0.39, 0.29) is 11.5 Å². The Morgan fingerprint density at radius 3 is 2.60 bits per heavy atom. The summed E-state index contributed by atoms with van der Waals surface area (Å²) >= 11 is 1.15. The molecule has 0 N–H and O–H groups in total. The molecule has 2 aliphatic heterocycles. The number of rotatable bonds is 4. The molecule has 0 saturated carbocycles. The molecule has 2 aliphatic rings. The van der Waals surface area contributed by atoms with Crippen molar-refractivity contribution >= 4 is 33.8 Å². The van der Waals surface area contributed by atoms with Crippen LogP contribution in [0.1, 0.15) is 12.0 Å². The van der Waals surface area contributed by atoms with Gasteiger partial charge in [-0.05, 0) is 18.2 Å². The Kier molecular flexibility index (Phi) is 4.79. The van der Waals surface area contributed by atoms with Gasteiger partial charge >= 0.3 is 6.09 Å². The second kappa shape index (κ2) is 6.72. The van der Waals surface area contributed by atoms with Gasteiger partial charge in [0.15, 0.2) is 0 Å². The maximum absolute atomic E-state index is 12.5. The van der Waals surface area contributed by atoms with E-state index in [1.807, 2.05) is 30.3 Å². The molecule has 2 amide bonds. The molecule has 25 heavy (non-hydrogen) atoms. The van der Waals surface area contributed by atoms with Gasteiger partial charge in [0.05, 0.1) is 22.9 Å². The minimum atomic E-state index is -3.70. The quantitative estimate of drug-likeness (QED) is 0.789. The van der Waals surface area contributed by atoms with Gasteiger partial charge < -0.3 is 4.74 Å². The van der Waals surface area contributed by atoms with Crippen LogP contribution in [-0.2, 0) is 26.2 Å². The molecule has 0 aromatic heterocycles. The number of amides is 2. The third-order valence-electron chi connectivity index (χ3n) is 4.13. The number of ether oxygens (including phenoxy) is 1. The normalized spacial score (nSPS) is 20.2. The van der Waals surface area contributed by atoms with E-state index in [2.05, 4.69) is 0 Å². The van der Waals surface area contributed by atoms with Gasteiger partial charge in [-0.2, -0.15) is 0 Å². The second-order valence-corrected chi connectivity index (χ2v) is 8.45. The number of likely N-dealkylation sites (tertiary alicyclic amines) is 1. The first-order chi connectivity index (χ1) is 11.8. The van der Waals surface area contributed by atoms with Gasteiger partial charge in [-0.3, -0.25) is 9.69 Å². The first kappa shape index (κ1) is 17.8. The summed E-state index contributed by atoms with van der Waals surface area (Å²) in [6.45, 7) is 0.434. The molecule has 1 aromatic carbocycles. The second-order valence-electron chi connectivity index (χ2n) is 5.78. The Morgan fingerprint density at radius 2 is 2.00 bits per heavy atom. The molecule has 7 nitrogen and oxygen atoms in total. The lowest BCUT2D eigenvalue weighted by atomic mass is 10.2. The van der Waals surface area contributed by atoms with Crippen molar-refractivity contribution in [2.75, 3.05) is 19.1 Å². The van der Waals surface area contributed by atoms with Gasteiger partial charge in [0, 0.05) is 6.54 Å². The molecule has 1 aromatic rings. The Labute approximate surface area is 150 Å². The maximum atomic E-state index is 12.5. The van der Waals surface area contributed by atoms with E-state index in [1.165, 1.54) is 4.90 Å². The molecule has 0 aliphatic carbocycles. The minimum Gasteiger partial charge on any atom is -0.444 e. The largest absolute Gasteiger partial charge is 0.444 e. The third-order valence-corrected chi connectivity index (χ3v) is 6.06. The van der Waals surface area contributed by atoms with Crippen LogP contribution in [0, 0.1) is 0 Å². The fourth-order valence-corrected chi connectivity index (χ4v) is 4.95. The number of benzene rings is 1. The van der Waals surface area contributed by atoms with Crippen LogP contribution in [0.25, 0.3) is 0 Å². The van der Waals surface area contributed by atoms with E-state index in [0.717, 1.165) is 27.9 Å². The number of thioether (sulfide) groups is 1. The van der Waals surface area contributed by atoms with Gasteiger partial charge in [-0.25, -0.2) is 17.5 Å². The predicted octanol–water partition coefficient (Wildman–Crippen LogP) is 1.77. The molecule has 134 valence electrons. The Balaban J connectivity index is 1.81. The molecular formula is C16H18N2O5S2. The fraction of sp³-hybridized carbons (Fsp3) is 0.375. The van der Waals surface area contributed by atoms with Crippen LogP contribution in [0.4, 0.5) is 4.79 Å². The predicted molar refractivity (Wildman–Crippen MR) is 94.0 cm³/mol. The average Bonchev–Trinajstić information content (AvgIpc) is 3.09. The van der Waals surface area contributed by atoms with Crippen LogP contribution in [0.5, 0.6) is 0 Å². The molecule has 0 bridgehead atoms. The molecule has 1 fully saturated rings. The number of hydrogen-bond acceptors (Lipinski definition) is 6. The first-order valence-corrected chi connectivity index (χ1v) is 10.7. The Bertz CT molecular complexity index is 835. The summed E-state index contributed by atoms with van der Waals surface area (Å²) in [5.74, 6) is -0.574. The summed E-state index contributed by atoms with van der Waals surface area (Å²) in [7, 11) is -3.70. The summed E-state index contributed by atoms with van der Waals surface area (Å²) in [4.78, 5) is 26.6. The monoisotopic (exact) mass is 382 g/mol. The number of nitrogens with zero attached hydrogens (tertiary/aromatic N) is 2. The third kappa shape index (κ3) is 3.25. The van der Waals surface area contributed by atoms with Crippen molar-refractivity contribution in [3.8, 4) is 0 Å². The molecule has 3 rings (SSSR count). The molecule has 0 unspecified atom stereocenters. The lowest BCUT2D eigenvalue weighted by Crippen LogP contribution is -2.39. The maximum Gasteiger partial charge on any atom is 0.414 e. The zero-order valence-electron chi connectivity index (χ0n) is 13.8. The van der Waals surface area contributed by atoms with E-state index in [0.29, 0.717) is 18.7 Å². The molecular weight excluding hydrogens is 364 g/mol. The van der Waals surface area contributed by atoms with Gasteiger partial charge in [0.1, 0.15) is 6.61 Å². The van der Waals surface area contributed by atoms with E-state index in [1.54, 1.807) is 6.26 Å².